The summed E-state index contributed by atoms with van der Waals surface area (Å²) >= 11 is 6.20. The van der Waals surface area contributed by atoms with Gasteiger partial charge in [-0.1, -0.05) is 29.8 Å². The summed E-state index contributed by atoms with van der Waals surface area (Å²) in [7, 11) is 0. The number of benzene rings is 2. The molecule has 2 aromatic carbocycles. The minimum Gasteiger partial charge on any atom is -0.456 e. The average molecular weight is 284 g/mol. The number of aromatic nitrogens is 2. The van der Waals surface area contributed by atoms with Crippen molar-refractivity contribution in [3.8, 4) is 17.6 Å². The van der Waals surface area contributed by atoms with E-state index in [4.69, 9.17) is 21.6 Å². The molecule has 3 aromatic rings. The Hall–Kier alpha value is -2.51. The van der Waals surface area contributed by atoms with Crippen LogP contribution in [0.1, 0.15) is 5.82 Å². The first-order chi connectivity index (χ1) is 9.76. The summed E-state index contributed by atoms with van der Waals surface area (Å²) in [6, 6.07) is 15.0. The van der Waals surface area contributed by atoms with E-state index in [1.807, 2.05) is 30.3 Å². The first kappa shape index (κ1) is 12.5. The van der Waals surface area contributed by atoms with Gasteiger partial charge in [-0.05, 0) is 18.2 Å². The lowest BCUT2D eigenvalue weighted by atomic mass is 10.3. The maximum atomic E-state index is 8.69. The van der Waals surface area contributed by atoms with Crippen molar-refractivity contribution in [2.45, 2.75) is 6.42 Å². The van der Waals surface area contributed by atoms with Crippen LogP contribution in [0.2, 0.25) is 5.02 Å². The Morgan fingerprint density at radius 1 is 1.25 bits per heavy atom. The van der Waals surface area contributed by atoms with Crippen LogP contribution in [0.5, 0.6) is 11.5 Å². The summed E-state index contributed by atoms with van der Waals surface area (Å²) in [4.78, 5) is 7.37. The summed E-state index contributed by atoms with van der Waals surface area (Å²) in [6.07, 6.45) is 0.237. The normalized spacial score (nSPS) is 10.4. The fourth-order valence-corrected chi connectivity index (χ4v) is 2.11. The van der Waals surface area contributed by atoms with Gasteiger partial charge in [0.15, 0.2) is 0 Å². The number of H-pyrrole nitrogens is 1. The minimum absolute atomic E-state index is 0.237. The third-order valence-corrected chi connectivity index (χ3v) is 3.10. The van der Waals surface area contributed by atoms with Crippen LogP contribution >= 0.6 is 11.6 Å². The fourth-order valence-electron chi connectivity index (χ4n) is 1.92. The summed E-state index contributed by atoms with van der Waals surface area (Å²) in [5.74, 6) is 1.89. The number of para-hydroxylation sites is 1. The topological polar surface area (TPSA) is 61.7 Å². The highest BCUT2D eigenvalue weighted by molar-refractivity contribution is 6.32. The molecule has 0 radical (unpaired) electrons. The molecule has 4 nitrogen and oxygen atoms in total. The lowest BCUT2D eigenvalue weighted by Gasteiger charge is -2.07. The Morgan fingerprint density at radius 3 is 2.80 bits per heavy atom. The second-order valence-corrected chi connectivity index (χ2v) is 4.64. The van der Waals surface area contributed by atoms with E-state index in [2.05, 4.69) is 16.0 Å². The van der Waals surface area contributed by atoms with E-state index in [0.717, 1.165) is 11.0 Å². The van der Waals surface area contributed by atoms with Gasteiger partial charge in [-0.3, -0.25) is 0 Å². The van der Waals surface area contributed by atoms with Crippen LogP contribution in [0.4, 0.5) is 0 Å². The number of hydrogen-bond donors (Lipinski definition) is 1. The molecule has 0 amide bonds. The zero-order chi connectivity index (χ0) is 13.9. The molecule has 0 bridgehead atoms. The molecule has 20 heavy (non-hydrogen) atoms. The molecule has 0 saturated heterocycles. The number of aromatic amines is 1. The van der Waals surface area contributed by atoms with Crippen molar-refractivity contribution in [3.05, 3.63) is 53.3 Å². The zero-order valence-electron chi connectivity index (χ0n) is 10.4. The van der Waals surface area contributed by atoms with E-state index in [1.165, 1.54) is 0 Å². The predicted molar refractivity (Wildman–Crippen MR) is 76.9 cm³/mol. The maximum absolute atomic E-state index is 8.69. The Morgan fingerprint density at radius 2 is 2.05 bits per heavy atom. The van der Waals surface area contributed by atoms with Gasteiger partial charge < -0.3 is 9.72 Å². The van der Waals surface area contributed by atoms with Crippen LogP contribution in [-0.2, 0) is 6.42 Å². The number of hydrogen-bond acceptors (Lipinski definition) is 3. The molecule has 0 aliphatic rings. The molecule has 1 heterocycles. The Kier molecular flexibility index (Phi) is 3.28. The third-order valence-electron chi connectivity index (χ3n) is 2.80. The van der Waals surface area contributed by atoms with Gasteiger partial charge in [0, 0.05) is 6.07 Å². The standard InChI is InChI=1S/C15H10ClN3O/c16-11-8-12-13(19-15(18-12)6-7-17)9-14(11)20-10-4-2-1-3-5-10/h1-5,8-9H,6H2,(H,18,19). The van der Waals surface area contributed by atoms with Crippen LogP contribution < -0.4 is 4.74 Å². The van der Waals surface area contributed by atoms with Gasteiger partial charge in [0.05, 0.1) is 28.5 Å². The molecule has 3 rings (SSSR count). The van der Waals surface area contributed by atoms with Crippen molar-refractivity contribution >= 4 is 22.6 Å². The highest BCUT2D eigenvalue weighted by Crippen LogP contribution is 2.32. The van der Waals surface area contributed by atoms with Crippen LogP contribution in [0.25, 0.3) is 11.0 Å². The summed E-state index contributed by atoms with van der Waals surface area (Å²) in [5.41, 5.74) is 1.52. The second-order valence-electron chi connectivity index (χ2n) is 4.23. The summed E-state index contributed by atoms with van der Waals surface area (Å²) < 4.78 is 5.74. The minimum atomic E-state index is 0.237. The largest absolute Gasteiger partial charge is 0.456 e. The first-order valence-electron chi connectivity index (χ1n) is 6.04. The number of nitrogens with one attached hydrogen (secondary N) is 1. The van der Waals surface area contributed by atoms with E-state index < -0.39 is 0 Å². The fraction of sp³-hybridized carbons (Fsp3) is 0.0667. The SMILES string of the molecule is N#CCc1nc2cc(Cl)c(Oc3ccccc3)cc2[nH]1. The summed E-state index contributed by atoms with van der Waals surface area (Å²) in [6.45, 7) is 0. The number of rotatable bonds is 3. The maximum Gasteiger partial charge on any atom is 0.148 e. The van der Waals surface area contributed by atoms with E-state index in [0.29, 0.717) is 22.3 Å². The number of nitrogens with zero attached hydrogens (tertiary/aromatic N) is 2. The van der Waals surface area contributed by atoms with Crippen molar-refractivity contribution in [2.75, 3.05) is 0 Å². The van der Waals surface area contributed by atoms with Crippen LogP contribution in [0.3, 0.4) is 0 Å². The van der Waals surface area contributed by atoms with Crippen molar-refractivity contribution in [1.82, 2.24) is 9.97 Å². The molecule has 98 valence electrons. The van der Waals surface area contributed by atoms with Crippen molar-refractivity contribution in [3.63, 3.8) is 0 Å². The lowest BCUT2D eigenvalue weighted by molar-refractivity contribution is 0.483. The van der Waals surface area contributed by atoms with Crippen LogP contribution in [0.15, 0.2) is 42.5 Å². The van der Waals surface area contributed by atoms with Crippen LogP contribution in [0, 0.1) is 11.3 Å². The Balaban J connectivity index is 1.99. The third kappa shape index (κ3) is 2.44. The molecule has 5 heteroatoms. The van der Waals surface area contributed by atoms with Crippen molar-refractivity contribution < 1.29 is 4.74 Å². The van der Waals surface area contributed by atoms with E-state index in [1.54, 1.807) is 12.1 Å². The quantitative estimate of drug-likeness (QED) is 0.788. The van der Waals surface area contributed by atoms with E-state index in [-0.39, 0.29) is 6.42 Å². The number of halogens is 1. The average Bonchev–Trinajstić information content (AvgIpc) is 2.82. The Bertz CT molecular complexity index is 790. The van der Waals surface area contributed by atoms with E-state index >= 15 is 0 Å². The molecular formula is C15H10ClN3O. The highest BCUT2D eigenvalue weighted by atomic mass is 35.5. The van der Waals surface area contributed by atoms with Crippen molar-refractivity contribution in [1.29, 1.82) is 5.26 Å². The number of imidazole rings is 1. The predicted octanol–water partition coefficient (Wildman–Crippen LogP) is 4.07. The number of ether oxygens (including phenoxy) is 1. The second kappa shape index (κ2) is 5.24. The molecule has 0 fully saturated rings. The monoisotopic (exact) mass is 283 g/mol. The van der Waals surface area contributed by atoms with Gasteiger partial charge in [-0.2, -0.15) is 5.26 Å². The molecular weight excluding hydrogens is 274 g/mol. The smallest absolute Gasteiger partial charge is 0.148 e. The lowest BCUT2D eigenvalue weighted by Crippen LogP contribution is -1.85. The molecule has 0 spiro atoms. The van der Waals surface area contributed by atoms with Crippen LogP contribution in [-0.4, -0.2) is 9.97 Å². The van der Waals surface area contributed by atoms with E-state index in [9.17, 15) is 0 Å². The van der Waals surface area contributed by atoms with Gasteiger partial charge in [0.2, 0.25) is 0 Å². The van der Waals surface area contributed by atoms with Gasteiger partial charge >= 0.3 is 0 Å². The molecule has 0 saturated carbocycles. The highest BCUT2D eigenvalue weighted by Gasteiger charge is 2.09. The Labute approximate surface area is 120 Å². The molecule has 0 unspecified atom stereocenters. The van der Waals surface area contributed by atoms with Gasteiger partial charge in [0.25, 0.3) is 0 Å². The molecule has 0 aliphatic carbocycles. The van der Waals surface area contributed by atoms with Crippen molar-refractivity contribution in [2.24, 2.45) is 0 Å². The first-order valence-corrected chi connectivity index (χ1v) is 6.42. The molecule has 0 atom stereocenters. The van der Waals surface area contributed by atoms with Gasteiger partial charge in [-0.25, -0.2) is 4.98 Å². The van der Waals surface area contributed by atoms with Gasteiger partial charge in [-0.15, -0.1) is 0 Å². The zero-order valence-corrected chi connectivity index (χ0v) is 11.2. The summed E-state index contributed by atoms with van der Waals surface area (Å²) in [5, 5.41) is 9.17. The molecule has 0 aliphatic heterocycles. The molecule has 1 N–H and O–H groups in total. The number of fused-ring (bicyclic) bond motifs is 1. The molecule has 1 aromatic heterocycles. The van der Waals surface area contributed by atoms with Gasteiger partial charge in [0.1, 0.15) is 17.3 Å². The number of nitriles is 1.